The molecule has 1 amide bonds. The molecule has 1 heterocycles. The Morgan fingerprint density at radius 2 is 1.82 bits per heavy atom. The molecule has 0 unspecified atom stereocenters. The highest BCUT2D eigenvalue weighted by atomic mass is 35.5. The van der Waals surface area contributed by atoms with Crippen molar-refractivity contribution in [3.05, 3.63) is 51.2 Å². The second-order valence-corrected chi connectivity index (χ2v) is 8.26. The highest BCUT2D eigenvalue weighted by Gasteiger charge is 2.20. The number of amides is 1. The normalized spacial score (nSPS) is 12.9. The zero-order valence-corrected chi connectivity index (χ0v) is 17.7. The summed E-state index contributed by atoms with van der Waals surface area (Å²) in [7, 11) is 0. The highest BCUT2D eigenvalue weighted by molar-refractivity contribution is 7.18. The van der Waals surface area contributed by atoms with Gasteiger partial charge in [-0.15, -0.1) is 11.3 Å². The van der Waals surface area contributed by atoms with E-state index in [9.17, 15) is 14.4 Å². The number of rotatable bonds is 9. The van der Waals surface area contributed by atoms with Crippen LogP contribution < -0.4 is 5.32 Å². The van der Waals surface area contributed by atoms with Gasteiger partial charge < -0.3 is 10.1 Å². The van der Waals surface area contributed by atoms with Crippen LogP contribution in [0.5, 0.6) is 0 Å². The highest BCUT2D eigenvalue weighted by Crippen LogP contribution is 2.27. The molecule has 2 atom stereocenters. The summed E-state index contributed by atoms with van der Waals surface area (Å²) in [6.07, 6.45) is -0.0826. The van der Waals surface area contributed by atoms with Crippen molar-refractivity contribution in [3.63, 3.8) is 0 Å². The van der Waals surface area contributed by atoms with Gasteiger partial charge in [-0.3, -0.25) is 14.4 Å². The Morgan fingerprint density at radius 3 is 2.46 bits per heavy atom. The van der Waals surface area contributed by atoms with Crippen LogP contribution in [0, 0.1) is 0 Å². The number of carbonyl (C=O) groups excluding carboxylic acids is 3. The summed E-state index contributed by atoms with van der Waals surface area (Å²) in [4.78, 5) is 36.9. The quantitative estimate of drug-likeness (QED) is 0.431. The van der Waals surface area contributed by atoms with E-state index in [4.69, 9.17) is 16.3 Å². The summed E-state index contributed by atoms with van der Waals surface area (Å²) in [5, 5.41) is 2.83. The fourth-order valence-electron chi connectivity index (χ4n) is 2.61. The third kappa shape index (κ3) is 6.17. The van der Waals surface area contributed by atoms with Crippen molar-refractivity contribution in [1.29, 1.82) is 0 Å². The topological polar surface area (TPSA) is 72.5 Å². The van der Waals surface area contributed by atoms with Gasteiger partial charge in [0.2, 0.25) is 0 Å². The fraction of sp³-hybridized carbons (Fsp3) is 0.381. The van der Waals surface area contributed by atoms with Gasteiger partial charge in [-0.25, -0.2) is 0 Å². The summed E-state index contributed by atoms with van der Waals surface area (Å²) < 4.78 is 5.70. The first-order valence-corrected chi connectivity index (χ1v) is 10.4. The summed E-state index contributed by atoms with van der Waals surface area (Å²) in [5.74, 6) is -0.867. The molecule has 0 radical (unpaired) electrons. The van der Waals surface area contributed by atoms with Crippen molar-refractivity contribution in [3.8, 4) is 0 Å². The van der Waals surface area contributed by atoms with E-state index in [1.807, 2.05) is 24.3 Å². The van der Waals surface area contributed by atoms with Gasteiger partial charge in [-0.1, -0.05) is 43.6 Å². The monoisotopic (exact) mass is 421 g/mol. The summed E-state index contributed by atoms with van der Waals surface area (Å²) >= 11 is 6.98. The molecule has 0 aliphatic heterocycles. The van der Waals surface area contributed by atoms with E-state index in [2.05, 4.69) is 19.2 Å². The Bertz CT molecular complexity index is 848. The number of ketones is 1. The Balaban J connectivity index is 1.86. The van der Waals surface area contributed by atoms with Gasteiger partial charge in [0.25, 0.3) is 5.91 Å². The molecule has 0 fully saturated rings. The number of esters is 1. The smallest absolute Gasteiger partial charge is 0.307 e. The zero-order chi connectivity index (χ0) is 20.7. The van der Waals surface area contributed by atoms with E-state index in [1.54, 1.807) is 12.1 Å². The van der Waals surface area contributed by atoms with Crippen LogP contribution in [0.2, 0.25) is 4.34 Å². The van der Waals surface area contributed by atoms with E-state index in [1.165, 1.54) is 18.3 Å². The first kappa shape index (κ1) is 22.1. The number of benzene rings is 1. The number of anilines is 1. The van der Waals surface area contributed by atoms with Crippen LogP contribution in [0.25, 0.3) is 0 Å². The van der Waals surface area contributed by atoms with Gasteiger partial charge in [0.05, 0.1) is 15.6 Å². The van der Waals surface area contributed by atoms with Crippen molar-refractivity contribution in [1.82, 2.24) is 0 Å². The van der Waals surface area contributed by atoms with Gasteiger partial charge >= 0.3 is 5.97 Å². The van der Waals surface area contributed by atoms with Crippen LogP contribution in [0.3, 0.4) is 0 Å². The predicted molar refractivity (Wildman–Crippen MR) is 112 cm³/mol. The maximum atomic E-state index is 12.4. The van der Waals surface area contributed by atoms with Crippen molar-refractivity contribution in [2.24, 2.45) is 0 Å². The number of halogens is 1. The van der Waals surface area contributed by atoms with Crippen molar-refractivity contribution < 1.29 is 19.1 Å². The molecule has 2 rings (SSSR count). The number of ether oxygens (including phenoxy) is 1. The van der Waals surface area contributed by atoms with Crippen molar-refractivity contribution in [2.75, 3.05) is 5.32 Å². The Labute approximate surface area is 174 Å². The minimum atomic E-state index is -0.955. The lowest BCUT2D eigenvalue weighted by atomic mass is 9.97. The molecule has 1 aromatic carbocycles. The minimum Gasteiger partial charge on any atom is -0.453 e. The number of Topliss-reactive ketones (excluding diaryl/α,β-unsaturated/α-hetero) is 1. The van der Waals surface area contributed by atoms with E-state index in [0.29, 0.717) is 15.1 Å². The average molecular weight is 422 g/mol. The molecule has 1 N–H and O–H groups in total. The lowest BCUT2D eigenvalue weighted by Crippen LogP contribution is -2.30. The Hall–Kier alpha value is -2.18. The summed E-state index contributed by atoms with van der Waals surface area (Å²) in [5.41, 5.74) is 1.76. The first-order valence-electron chi connectivity index (χ1n) is 9.19. The SMILES string of the molecule is CC[C@@H](C)c1ccccc1NC(=O)[C@H](C)OC(=O)CCC(=O)c1ccc(Cl)s1. The van der Waals surface area contributed by atoms with E-state index >= 15 is 0 Å². The molecule has 5 nitrogen and oxygen atoms in total. The molecule has 2 aromatic rings. The number of para-hydroxylation sites is 1. The lowest BCUT2D eigenvalue weighted by molar-refractivity contribution is -0.153. The van der Waals surface area contributed by atoms with Gasteiger partial charge in [0, 0.05) is 12.1 Å². The zero-order valence-electron chi connectivity index (χ0n) is 16.2. The Morgan fingerprint density at radius 1 is 1.11 bits per heavy atom. The molecule has 150 valence electrons. The third-order valence-corrected chi connectivity index (χ3v) is 5.72. The molecule has 0 bridgehead atoms. The molecule has 1 aromatic heterocycles. The van der Waals surface area contributed by atoms with Crippen molar-refractivity contribution >= 4 is 46.3 Å². The number of hydrogen-bond donors (Lipinski definition) is 1. The van der Waals surface area contributed by atoms with Crippen molar-refractivity contribution in [2.45, 2.75) is 52.1 Å². The molecular formula is C21H24ClNO4S. The third-order valence-electron chi connectivity index (χ3n) is 4.44. The Kier molecular flexibility index (Phi) is 8.20. The lowest BCUT2D eigenvalue weighted by Gasteiger charge is -2.18. The van der Waals surface area contributed by atoms with Crippen LogP contribution in [-0.4, -0.2) is 23.8 Å². The maximum absolute atomic E-state index is 12.4. The number of nitrogens with one attached hydrogen (secondary N) is 1. The van der Waals surface area contributed by atoms with Gasteiger partial charge in [0.1, 0.15) is 0 Å². The maximum Gasteiger partial charge on any atom is 0.307 e. The van der Waals surface area contributed by atoms with Crippen LogP contribution >= 0.6 is 22.9 Å². The standard InChI is InChI=1S/C21H24ClNO4S/c1-4-13(2)15-7-5-6-8-16(15)23-21(26)14(3)27-20(25)12-9-17(24)18-10-11-19(22)28-18/h5-8,10-11,13-14H,4,9,12H2,1-3H3,(H,23,26)/t13-,14+/m1/s1. The molecule has 7 heteroatoms. The molecule has 0 saturated heterocycles. The predicted octanol–water partition coefficient (Wildman–Crippen LogP) is 5.45. The largest absolute Gasteiger partial charge is 0.453 e. The summed E-state index contributed by atoms with van der Waals surface area (Å²) in [6.45, 7) is 5.69. The average Bonchev–Trinajstić information content (AvgIpc) is 3.12. The first-order chi connectivity index (χ1) is 13.3. The summed E-state index contributed by atoms with van der Waals surface area (Å²) in [6, 6.07) is 10.9. The van der Waals surface area contributed by atoms with Gasteiger partial charge in [0.15, 0.2) is 11.9 Å². The van der Waals surface area contributed by atoms with E-state index in [0.717, 1.165) is 17.7 Å². The minimum absolute atomic E-state index is 0.0147. The van der Waals surface area contributed by atoms with Crippen LogP contribution in [0.1, 0.15) is 61.2 Å². The second-order valence-electron chi connectivity index (χ2n) is 6.54. The van der Waals surface area contributed by atoms with E-state index in [-0.39, 0.29) is 18.6 Å². The fourth-order valence-corrected chi connectivity index (χ4v) is 3.62. The molecule has 0 saturated carbocycles. The molecule has 0 spiro atoms. The van der Waals surface area contributed by atoms with Gasteiger partial charge in [-0.05, 0) is 43.0 Å². The number of thiophene rings is 1. The molecule has 28 heavy (non-hydrogen) atoms. The van der Waals surface area contributed by atoms with Crippen LogP contribution in [-0.2, 0) is 14.3 Å². The van der Waals surface area contributed by atoms with Crippen LogP contribution in [0.4, 0.5) is 5.69 Å². The number of hydrogen-bond acceptors (Lipinski definition) is 5. The van der Waals surface area contributed by atoms with Crippen LogP contribution in [0.15, 0.2) is 36.4 Å². The molecule has 0 aliphatic carbocycles. The van der Waals surface area contributed by atoms with Gasteiger partial charge in [-0.2, -0.15) is 0 Å². The van der Waals surface area contributed by atoms with E-state index < -0.39 is 18.0 Å². The molecular weight excluding hydrogens is 398 g/mol. The number of carbonyl (C=O) groups is 3. The molecule has 0 aliphatic rings. The second kappa shape index (κ2) is 10.4.